The average molecular weight is 573 g/mol. The van der Waals surface area contributed by atoms with E-state index in [1.54, 1.807) is 7.11 Å². The Morgan fingerprint density at radius 1 is 0.818 bits per heavy atom. The molecule has 0 bridgehead atoms. The Hall–Kier alpha value is -1.52. The topological polar surface area (TPSA) is 18.5 Å². The van der Waals surface area contributed by atoms with Crippen molar-refractivity contribution in [3.8, 4) is 0 Å². The van der Waals surface area contributed by atoms with Crippen molar-refractivity contribution in [2.75, 3.05) is 20.1 Å². The van der Waals surface area contributed by atoms with Gasteiger partial charge < -0.3 is 9.47 Å². The average Bonchev–Trinajstić information content (AvgIpc) is 2.84. The summed E-state index contributed by atoms with van der Waals surface area (Å²) in [5.74, 6) is 0.604. The molecule has 0 amide bonds. The lowest BCUT2D eigenvalue weighted by atomic mass is 9.94. The van der Waals surface area contributed by atoms with Crippen LogP contribution in [0.15, 0.2) is 101 Å². The molecule has 3 rings (SSSR count). The van der Waals surface area contributed by atoms with Gasteiger partial charge in [-0.25, -0.2) is 0 Å². The molecule has 0 aromatic heterocycles. The van der Waals surface area contributed by atoms with Crippen LogP contribution in [-0.2, 0) is 9.47 Å². The van der Waals surface area contributed by atoms with E-state index in [9.17, 15) is 0 Å². The van der Waals surface area contributed by atoms with E-state index in [-0.39, 0.29) is 12.0 Å². The first kappa shape index (κ1) is 26.1. The van der Waals surface area contributed by atoms with Gasteiger partial charge in [0.1, 0.15) is 30.0 Å². The first-order valence-electron chi connectivity index (χ1n) is 11.5. The number of hydrogen-bond acceptors (Lipinski definition) is 2. The van der Waals surface area contributed by atoms with Crippen LogP contribution in [0.1, 0.15) is 20.8 Å². The number of halogens is 1. The molecule has 174 valence electrons. The third-order valence-corrected chi connectivity index (χ3v) is 11.1. The molecule has 3 atom stereocenters. The molecule has 0 spiro atoms. The molecule has 0 saturated heterocycles. The minimum Gasteiger partial charge on any atom is -0.359 e. The number of ether oxygens (including phenoxy) is 2. The highest BCUT2D eigenvalue weighted by molar-refractivity contribution is 14.1. The maximum atomic E-state index is 6.32. The number of hydrogen-bond donors (Lipinski definition) is 0. The van der Waals surface area contributed by atoms with Crippen molar-refractivity contribution in [2.45, 2.75) is 26.9 Å². The van der Waals surface area contributed by atoms with Crippen LogP contribution < -0.4 is 15.9 Å². The lowest BCUT2D eigenvalue weighted by molar-refractivity contribution is -0.0980. The van der Waals surface area contributed by atoms with E-state index in [1.807, 2.05) is 0 Å². The van der Waals surface area contributed by atoms with E-state index in [0.717, 1.165) is 6.16 Å². The van der Waals surface area contributed by atoms with Gasteiger partial charge in [0.2, 0.25) is 0 Å². The number of rotatable bonds is 11. The highest BCUT2D eigenvalue weighted by Crippen LogP contribution is 2.57. The Morgan fingerprint density at radius 2 is 1.24 bits per heavy atom. The Kier molecular flexibility index (Phi) is 10.1. The van der Waals surface area contributed by atoms with Crippen LogP contribution in [0.4, 0.5) is 0 Å². The Morgan fingerprint density at radius 3 is 1.61 bits per heavy atom. The zero-order valence-electron chi connectivity index (χ0n) is 20.0. The van der Waals surface area contributed by atoms with E-state index >= 15 is 0 Å². The first-order chi connectivity index (χ1) is 16.0. The lowest BCUT2D eigenvalue weighted by Crippen LogP contribution is -2.39. The highest BCUT2D eigenvalue weighted by atomic mass is 127. The quantitative estimate of drug-likeness (QED) is 0.147. The molecule has 3 aromatic carbocycles. The van der Waals surface area contributed by atoms with Gasteiger partial charge >= 0.3 is 0 Å². The predicted octanol–water partition coefficient (Wildman–Crippen LogP) is 6.58. The van der Waals surface area contributed by atoms with Gasteiger partial charge in [-0.3, -0.25) is 0 Å². The third kappa shape index (κ3) is 6.54. The van der Waals surface area contributed by atoms with Gasteiger partial charge in [-0.1, -0.05) is 74.5 Å². The summed E-state index contributed by atoms with van der Waals surface area (Å²) in [5, 5.41) is 4.23. The Bertz CT molecular complexity index is 891. The monoisotopic (exact) mass is 573 g/mol. The van der Waals surface area contributed by atoms with Crippen LogP contribution in [0, 0.1) is 11.8 Å². The van der Waals surface area contributed by atoms with Crippen molar-refractivity contribution in [3.63, 3.8) is 0 Å². The van der Waals surface area contributed by atoms with Crippen molar-refractivity contribution in [2.24, 2.45) is 11.8 Å². The van der Waals surface area contributed by atoms with Crippen LogP contribution in [0.3, 0.4) is 0 Å². The van der Waals surface area contributed by atoms with Crippen LogP contribution in [-0.4, -0.2) is 26.2 Å². The summed E-state index contributed by atoms with van der Waals surface area (Å²) in [7, 11) is -0.217. The van der Waals surface area contributed by atoms with Gasteiger partial charge in [0.15, 0.2) is 0 Å². The molecule has 2 nitrogen and oxygen atoms in total. The molecular formula is C29H35IO2P+. The smallest absolute Gasteiger partial charge is 0.146 e. The molecule has 0 aliphatic heterocycles. The van der Waals surface area contributed by atoms with E-state index in [2.05, 4.69) is 140 Å². The normalized spacial score (nSPS) is 15.1. The van der Waals surface area contributed by atoms with E-state index in [0.29, 0.717) is 12.7 Å². The van der Waals surface area contributed by atoms with Gasteiger partial charge in [-0.05, 0) is 69.5 Å². The van der Waals surface area contributed by atoms with Crippen molar-refractivity contribution in [3.05, 3.63) is 101 Å². The van der Waals surface area contributed by atoms with E-state index in [4.69, 9.17) is 9.47 Å². The number of methoxy groups -OCH3 is 1. The van der Waals surface area contributed by atoms with Crippen LogP contribution >= 0.6 is 29.9 Å². The lowest BCUT2D eigenvalue weighted by Gasteiger charge is -2.34. The summed E-state index contributed by atoms with van der Waals surface area (Å²) >= 11 is 2.39. The summed E-state index contributed by atoms with van der Waals surface area (Å²) in [5.41, 5.74) is 0. The summed E-state index contributed by atoms with van der Waals surface area (Å²) in [6.45, 7) is 7.05. The second-order valence-electron chi connectivity index (χ2n) is 8.63. The largest absolute Gasteiger partial charge is 0.359 e. The first-order valence-corrected chi connectivity index (χ1v) is 14.5. The van der Waals surface area contributed by atoms with Crippen molar-refractivity contribution in [1.82, 2.24) is 0 Å². The fraction of sp³-hybridized carbons (Fsp3) is 0.310. The molecular weight excluding hydrogens is 538 g/mol. The highest BCUT2D eigenvalue weighted by Gasteiger charge is 2.47. The molecule has 0 fully saturated rings. The van der Waals surface area contributed by atoms with Crippen LogP contribution in [0.5, 0.6) is 0 Å². The van der Waals surface area contributed by atoms with Crippen molar-refractivity contribution >= 4 is 45.8 Å². The summed E-state index contributed by atoms with van der Waals surface area (Å²) < 4.78 is 12.9. The van der Waals surface area contributed by atoms with Gasteiger partial charge in [0.05, 0.1) is 12.3 Å². The molecule has 3 aromatic rings. The molecule has 0 heterocycles. The Balaban J connectivity index is 2.15. The SMILES string of the molecule is COCO[C@@H]([C@H](C)C[P+](c1ccccc1)(c1ccccc1)c1ccccc1)[C@@H](C)/C=C(/C)I. The van der Waals surface area contributed by atoms with Gasteiger partial charge in [-0.2, -0.15) is 0 Å². The fourth-order valence-electron chi connectivity index (χ4n) is 4.78. The van der Waals surface area contributed by atoms with Crippen LogP contribution in [0.25, 0.3) is 0 Å². The summed E-state index contributed by atoms with van der Waals surface area (Å²) in [4.78, 5) is 0. The standard InChI is InChI=1S/C29H35IO2P/c1-23(20-25(3)30)29(32-22-31-4)24(2)21-33(26-14-8-5-9-15-26,27-16-10-6-11-17-27)28-18-12-7-13-19-28/h5-20,23-24,29H,21-22H2,1-4H3/q+1/b25-20-/t23-,24+,29+/m0/s1. The van der Waals surface area contributed by atoms with Gasteiger partial charge in [-0.15, -0.1) is 0 Å². The molecule has 0 saturated carbocycles. The summed E-state index contributed by atoms with van der Waals surface area (Å²) in [6, 6.07) is 33.2. The van der Waals surface area contributed by atoms with E-state index in [1.165, 1.54) is 19.5 Å². The minimum absolute atomic E-state index is 0.0603. The van der Waals surface area contributed by atoms with Crippen molar-refractivity contribution < 1.29 is 9.47 Å². The van der Waals surface area contributed by atoms with Gasteiger partial charge in [0, 0.05) is 18.9 Å². The molecule has 33 heavy (non-hydrogen) atoms. The fourth-order valence-corrected chi connectivity index (χ4v) is 9.99. The molecule has 0 radical (unpaired) electrons. The third-order valence-electron chi connectivity index (χ3n) is 6.10. The maximum absolute atomic E-state index is 6.32. The zero-order valence-corrected chi connectivity index (χ0v) is 23.1. The molecule has 0 N–H and O–H groups in total. The predicted molar refractivity (Wildman–Crippen MR) is 153 cm³/mol. The van der Waals surface area contributed by atoms with E-state index < -0.39 is 7.26 Å². The maximum Gasteiger partial charge on any atom is 0.146 e. The molecule has 0 aliphatic rings. The molecule has 4 heteroatoms. The van der Waals surface area contributed by atoms with Crippen molar-refractivity contribution in [1.29, 1.82) is 0 Å². The molecule has 0 aliphatic carbocycles. The zero-order chi connectivity index (χ0) is 23.7. The number of benzene rings is 3. The van der Waals surface area contributed by atoms with Crippen LogP contribution in [0.2, 0.25) is 0 Å². The Labute approximate surface area is 213 Å². The number of allylic oxidation sites excluding steroid dienone is 1. The second-order valence-corrected chi connectivity index (χ2v) is 13.9. The van der Waals surface area contributed by atoms with Gasteiger partial charge in [0.25, 0.3) is 0 Å². The summed E-state index contributed by atoms with van der Waals surface area (Å²) in [6.07, 6.45) is 3.40. The second kappa shape index (κ2) is 12.8. The minimum atomic E-state index is -1.91. The molecule has 0 unspecified atom stereocenters.